The fraction of sp³-hybridized carbons (Fsp3) is 0.366. The highest BCUT2D eigenvalue weighted by Gasteiger charge is 2.47. The van der Waals surface area contributed by atoms with Gasteiger partial charge in [0.2, 0.25) is 0 Å². The molecule has 2 aliphatic heterocycles. The summed E-state index contributed by atoms with van der Waals surface area (Å²) >= 11 is 0. The third-order valence-corrected chi connectivity index (χ3v) is 23.8. The molecular formula is C123H141BN4. The minimum atomic E-state index is -1.90. The second kappa shape index (κ2) is 32.6. The number of para-hydroxylation sites is 2. The Bertz CT molecular complexity index is 7110. The fourth-order valence-corrected chi connectivity index (χ4v) is 20.0. The summed E-state index contributed by atoms with van der Waals surface area (Å²) in [5.74, 6) is 0. The van der Waals surface area contributed by atoms with E-state index in [2.05, 4.69) is 247 Å². The monoisotopic (exact) mass is 1700 g/mol. The number of fused-ring (bicyclic) bond motifs is 10. The standard InChI is InChI=1S/C123H141BN4/c1-115(2,3)70-79-36-32-40-88(56-79)96-62-85(76-121(19,20)21)63-97(89-41-33-37-80(57-89)71-116(4,5)6)113(96)127-108-68-92(125-104-46-30-28-44-94(104)100-60-83(48-54-106(100)125)74-119(13,14)15)50-52-102(108)124-103-53-51-93(126-105-47-31-29-45-95(105)101-61-84(49-55-107(101)126)75-120(16,17)18)69-109(103)128(111-67-87(78-123(25,26)27)66-110(127)112(111)124)114-98(90-42-34-38-81(58-90)72-117(7,8)9)64-86(77-122(22,23)24)65-99(114)91-43-35-39-82(59-91)73-118(10,11)12/h28-69H,70-78H2,1-27H3/i28D,29D,30D,31D,44D,45D,46D,47D,70D2,71D2,72D2,73D2. The van der Waals surface area contributed by atoms with Gasteiger partial charge < -0.3 is 18.9 Å². The number of aromatic nitrogens is 2. The van der Waals surface area contributed by atoms with Crippen LogP contribution in [0.2, 0.25) is 0 Å². The van der Waals surface area contributed by atoms with E-state index in [1.807, 2.05) is 165 Å². The quantitative estimate of drug-likeness (QED) is 0.0845. The Labute approximate surface area is 791 Å². The molecule has 128 heavy (non-hydrogen) atoms. The summed E-state index contributed by atoms with van der Waals surface area (Å²) in [7, 11) is 0. The lowest BCUT2D eigenvalue weighted by atomic mass is 9.33. The molecule has 0 saturated heterocycles. The lowest BCUT2D eigenvalue weighted by Crippen LogP contribution is -2.61. The minimum Gasteiger partial charge on any atom is -0.310 e. The second-order valence-electron chi connectivity index (χ2n) is 47.0. The van der Waals surface area contributed by atoms with E-state index in [9.17, 15) is 21.9 Å². The van der Waals surface area contributed by atoms with Gasteiger partial charge in [-0.25, -0.2) is 0 Å². The highest BCUT2D eigenvalue weighted by molar-refractivity contribution is 7.00. The van der Waals surface area contributed by atoms with Gasteiger partial charge in [-0.05, 0) is 292 Å². The zero-order chi connectivity index (χ0) is 105. The predicted molar refractivity (Wildman–Crippen MR) is 559 cm³/mol. The molecule has 0 aliphatic carbocycles. The Morgan fingerprint density at radius 1 is 0.250 bits per heavy atom. The Morgan fingerprint density at radius 2 is 0.539 bits per heavy atom. The molecule has 15 aromatic rings. The molecule has 4 nitrogen and oxygen atoms in total. The average molecular weight is 1700 g/mol. The van der Waals surface area contributed by atoms with Crippen LogP contribution in [0.4, 0.5) is 34.1 Å². The zero-order valence-corrected chi connectivity index (χ0v) is 81.0. The molecule has 2 aromatic heterocycles. The molecule has 0 N–H and O–H groups in total. The van der Waals surface area contributed by atoms with Crippen LogP contribution in [0.1, 0.15) is 259 Å². The van der Waals surface area contributed by atoms with Crippen molar-refractivity contribution in [2.45, 2.75) is 245 Å². The molecule has 0 radical (unpaired) electrons. The first-order valence-corrected chi connectivity index (χ1v) is 46.3. The van der Waals surface area contributed by atoms with E-state index in [1.165, 1.54) is 0 Å². The highest BCUT2D eigenvalue weighted by Crippen LogP contribution is 2.56. The Balaban J connectivity index is 1.14. The average Bonchev–Trinajstić information content (AvgIpc) is 0.922. The van der Waals surface area contributed by atoms with Crippen LogP contribution >= 0.6 is 0 Å². The Hall–Kier alpha value is -10.9. The minimum absolute atomic E-state index is 0.165. The molecule has 0 unspecified atom stereocenters. The summed E-state index contributed by atoms with van der Waals surface area (Å²) in [6.07, 6.45) is -4.61. The molecule has 0 saturated carbocycles. The topological polar surface area (TPSA) is 16.3 Å². The molecule has 0 atom stereocenters. The number of benzene rings is 13. The van der Waals surface area contributed by atoms with Crippen molar-refractivity contribution in [1.82, 2.24) is 9.13 Å². The molecule has 13 aromatic carbocycles. The smallest absolute Gasteiger partial charge is 0.252 e. The van der Waals surface area contributed by atoms with Crippen LogP contribution in [-0.2, 0) is 57.6 Å². The van der Waals surface area contributed by atoms with Gasteiger partial charge in [0.15, 0.2) is 0 Å². The maximum Gasteiger partial charge on any atom is 0.252 e. The number of hydrogen-bond donors (Lipinski definition) is 0. The van der Waals surface area contributed by atoms with Crippen molar-refractivity contribution < 1.29 is 21.9 Å². The third kappa shape index (κ3) is 19.1. The van der Waals surface area contributed by atoms with Gasteiger partial charge in [-0.1, -0.05) is 345 Å². The molecular weight excluding hydrogens is 1540 g/mol. The molecule has 17 rings (SSSR count). The predicted octanol–water partition coefficient (Wildman–Crippen LogP) is 32.9. The van der Waals surface area contributed by atoms with Crippen molar-refractivity contribution in [2.24, 2.45) is 48.7 Å². The van der Waals surface area contributed by atoms with Gasteiger partial charge in [0, 0.05) is 88.9 Å². The largest absolute Gasteiger partial charge is 0.310 e. The highest BCUT2D eigenvalue weighted by atomic mass is 15.2. The second-order valence-corrected chi connectivity index (χ2v) is 47.0. The molecule has 0 bridgehead atoms. The number of hydrogen-bond acceptors (Lipinski definition) is 2. The maximum atomic E-state index is 10.3. The van der Waals surface area contributed by atoms with Crippen LogP contribution in [-0.4, -0.2) is 15.8 Å². The molecule has 656 valence electrons. The first-order chi connectivity index (χ1) is 66.4. The van der Waals surface area contributed by atoms with Crippen molar-refractivity contribution in [2.75, 3.05) is 9.80 Å². The summed E-state index contributed by atoms with van der Waals surface area (Å²) in [6.45, 7) is 55.5. The lowest BCUT2D eigenvalue weighted by Gasteiger charge is -2.46. The Morgan fingerprint density at radius 3 is 0.836 bits per heavy atom. The van der Waals surface area contributed by atoms with E-state index in [-0.39, 0.29) is 81.0 Å². The summed E-state index contributed by atoms with van der Waals surface area (Å²) in [5, 5.41) is 2.06. The van der Waals surface area contributed by atoms with Crippen molar-refractivity contribution in [3.63, 3.8) is 0 Å². The van der Waals surface area contributed by atoms with Crippen molar-refractivity contribution >= 4 is 101 Å². The third-order valence-electron chi connectivity index (χ3n) is 23.8. The summed E-state index contributed by atoms with van der Waals surface area (Å²) in [4.78, 5) is 4.82. The zero-order valence-electron chi connectivity index (χ0n) is 97.0. The first kappa shape index (κ1) is 71.0. The summed E-state index contributed by atoms with van der Waals surface area (Å²) < 4.78 is 165. The molecule has 0 spiro atoms. The van der Waals surface area contributed by atoms with E-state index < -0.39 is 59.3 Å². The number of anilines is 6. The van der Waals surface area contributed by atoms with Gasteiger partial charge >= 0.3 is 0 Å². The van der Waals surface area contributed by atoms with Crippen LogP contribution < -0.4 is 26.2 Å². The van der Waals surface area contributed by atoms with Crippen LogP contribution in [0.3, 0.4) is 0 Å². The normalized spacial score (nSPS) is 15.9. The fourth-order valence-electron chi connectivity index (χ4n) is 20.0. The van der Waals surface area contributed by atoms with E-state index in [0.29, 0.717) is 143 Å². The van der Waals surface area contributed by atoms with E-state index in [1.54, 1.807) is 0 Å². The van der Waals surface area contributed by atoms with E-state index in [0.717, 1.165) is 77.8 Å². The van der Waals surface area contributed by atoms with Gasteiger partial charge in [-0.15, -0.1) is 0 Å². The van der Waals surface area contributed by atoms with Gasteiger partial charge in [-0.3, -0.25) is 0 Å². The SMILES string of the molecule is [2H]c1c([2H])c([2H])c2c(c1[2H])c1cc(CC(C)(C)C)ccc1n2-c1ccc2c(c1)N(c1c(-c3cccc(C([2H])([2H])C(C)(C)C)c3)cc(CC(C)(C)C)cc1-c1cccc(C([2H])([2H])C(C)(C)C)c1)c1cc(CC(C)(C)C)cc3c1B2c1ccc(-n2c4ccc(CC(C)(C)C)cc4c4c([2H])c([2H])c([2H])c([2H])c42)cc1N3c1c(-c2cccc(C([2H])([2H])C(C)(C)C)c2)cc(CC(C)(C)C)cc1-c1cccc(C([2H])([2H])C(C)(C)C)c1. The summed E-state index contributed by atoms with van der Waals surface area (Å²) in [6, 6.07) is 68.7. The lowest BCUT2D eigenvalue weighted by molar-refractivity contribution is 0.410. The summed E-state index contributed by atoms with van der Waals surface area (Å²) in [5.41, 5.74) is 17.1. The van der Waals surface area contributed by atoms with Crippen LogP contribution in [0.25, 0.3) is 99.5 Å². The van der Waals surface area contributed by atoms with E-state index in [4.69, 9.17) is 0 Å². The van der Waals surface area contributed by atoms with Crippen LogP contribution in [0.15, 0.2) is 255 Å². The molecule has 0 amide bonds. The van der Waals surface area contributed by atoms with Crippen molar-refractivity contribution in [1.29, 1.82) is 0 Å². The maximum absolute atomic E-state index is 10.3. The number of rotatable bonds is 17. The molecule has 2 aliphatic rings. The molecule has 5 heteroatoms. The van der Waals surface area contributed by atoms with Crippen molar-refractivity contribution in [3.8, 4) is 55.9 Å². The van der Waals surface area contributed by atoms with Gasteiger partial charge in [0.25, 0.3) is 6.71 Å². The van der Waals surface area contributed by atoms with Gasteiger partial charge in [0.05, 0.1) is 44.4 Å². The van der Waals surface area contributed by atoms with E-state index >= 15 is 0 Å². The van der Waals surface area contributed by atoms with Crippen molar-refractivity contribution in [3.05, 3.63) is 305 Å². The van der Waals surface area contributed by atoms with Crippen LogP contribution in [0.5, 0.6) is 0 Å². The first-order valence-electron chi connectivity index (χ1n) is 54.3. The molecule has 0 fully saturated rings. The van der Waals surface area contributed by atoms with Gasteiger partial charge in [-0.2, -0.15) is 0 Å². The van der Waals surface area contributed by atoms with Crippen LogP contribution in [0, 0.1) is 48.7 Å². The molecule has 4 heterocycles. The number of nitrogens with zero attached hydrogens (tertiary/aromatic N) is 4. The Kier molecular flexibility index (Phi) is 18.1. The van der Waals surface area contributed by atoms with Gasteiger partial charge in [0.1, 0.15) is 0 Å².